The van der Waals surface area contributed by atoms with Crippen LogP contribution in [-0.2, 0) is 6.54 Å². The molecule has 0 bridgehead atoms. The van der Waals surface area contributed by atoms with Crippen LogP contribution in [0.25, 0.3) is 10.2 Å². The fourth-order valence-corrected chi connectivity index (χ4v) is 2.59. The lowest BCUT2D eigenvalue weighted by atomic mass is 10.4. The van der Waals surface area contributed by atoms with Crippen LogP contribution in [0.4, 0.5) is 0 Å². The Balaban J connectivity index is 2.35. The van der Waals surface area contributed by atoms with E-state index in [1.54, 1.807) is 11.3 Å². The smallest absolute Gasteiger partial charge is 0.268 e. The summed E-state index contributed by atoms with van der Waals surface area (Å²) in [6.07, 6.45) is 0. The first-order valence-electron chi connectivity index (χ1n) is 5.23. The van der Waals surface area contributed by atoms with Crippen LogP contribution in [0.5, 0.6) is 0 Å². The number of aliphatic hydroxyl groups is 1. The SMILES string of the molecule is CCn1c(C(=O)NCCO)cc2sccc21. The summed E-state index contributed by atoms with van der Waals surface area (Å²) in [6.45, 7) is 3.04. The van der Waals surface area contributed by atoms with Crippen molar-refractivity contribution < 1.29 is 9.90 Å². The third kappa shape index (κ3) is 1.83. The minimum atomic E-state index is -0.126. The molecule has 0 fully saturated rings. The lowest BCUT2D eigenvalue weighted by Crippen LogP contribution is -2.28. The first-order chi connectivity index (χ1) is 7.77. The number of hydrogen-bond donors (Lipinski definition) is 2. The number of aryl methyl sites for hydroxylation is 1. The van der Waals surface area contributed by atoms with Crippen molar-refractivity contribution in [3.05, 3.63) is 23.2 Å². The second kappa shape index (κ2) is 4.67. The van der Waals surface area contributed by atoms with Gasteiger partial charge in [0.1, 0.15) is 5.69 Å². The van der Waals surface area contributed by atoms with E-state index in [1.807, 2.05) is 29.0 Å². The third-order valence-corrected chi connectivity index (χ3v) is 3.32. The average Bonchev–Trinajstić information content (AvgIpc) is 2.84. The van der Waals surface area contributed by atoms with Crippen molar-refractivity contribution in [2.45, 2.75) is 13.5 Å². The molecule has 5 heteroatoms. The first-order valence-corrected chi connectivity index (χ1v) is 6.11. The summed E-state index contributed by atoms with van der Waals surface area (Å²) < 4.78 is 3.11. The summed E-state index contributed by atoms with van der Waals surface area (Å²) >= 11 is 1.63. The zero-order chi connectivity index (χ0) is 11.5. The lowest BCUT2D eigenvalue weighted by Gasteiger charge is -2.07. The fraction of sp³-hybridized carbons (Fsp3) is 0.364. The maximum Gasteiger partial charge on any atom is 0.268 e. The molecule has 0 saturated carbocycles. The number of amides is 1. The standard InChI is InChI=1S/C11H14N2O2S/c1-2-13-8-3-6-16-10(8)7-9(13)11(15)12-4-5-14/h3,6-7,14H,2,4-5H2,1H3,(H,12,15). The van der Waals surface area contributed by atoms with Crippen molar-refractivity contribution in [2.24, 2.45) is 0 Å². The summed E-state index contributed by atoms with van der Waals surface area (Å²) in [5.74, 6) is -0.126. The zero-order valence-corrected chi connectivity index (χ0v) is 9.88. The van der Waals surface area contributed by atoms with Gasteiger partial charge in [0.2, 0.25) is 0 Å². The number of carbonyl (C=O) groups is 1. The number of fused-ring (bicyclic) bond motifs is 1. The molecule has 0 aliphatic heterocycles. The number of nitrogens with one attached hydrogen (secondary N) is 1. The Labute approximate surface area is 97.5 Å². The van der Waals surface area contributed by atoms with Crippen molar-refractivity contribution in [3.8, 4) is 0 Å². The van der Waals surface area contributed by atoms with Crippen molar-refractivity contribution in [1.82, 2.24) is 9.88 Å². The van der Waals surface area contributed by atoms with Crippen molar-refractivity contribution in [3.63, 3.8) is 0 Å². The molecule has 16 heavy (non-hydrogen) atoms. The quantitative estimate of drug-likeness (QED) is 0.847. The van der Waals surface area contributed by atoms with Crippen LogP contribution in [0.15, 0.2) is 17.5 Å². The van der Waals surface area contributed by atoms with Crippen molar-refractivity contribution in [1.29, 1.82) is 0 Å². The molecule has 0 radical (unpaired) electrons. The van der Waals surface area contributed by atoms with Gasteiger partial charge in [-0.2, -0.15) is 0 Å². The van der Waals surface area contributed by atoms with Crippen LogP contribution in [0, 0.1) is 0 Å². The number of nitrogens with zero attached hydrogens (tertiary/aromatic N) is 1. The van der Waals surface area contributed by atoms with Gasteiger partial charge in [-0.05, 0) is 24.4 Å². The summed E-state index contributed by atoms with van der Waals surface area (Å²) in [5, 5.41) is 13.4. The van der Waals surface area contributed by atoms with Crippen LogP contribution in [-0.4, -0.2) is 28.7 Å². The molecular weight excluding hydrogens is 224 g/mol. The van der Waals surface area contributed by atoms with Gasteiger partial charge < -0.3 is 15.0 Å². The predicted molar refractivity (Wildman–Crippen MR) is 64.9 cm³/mol. The topological polar surface area (TPSA) is 54.3 Å². The molecule has 2 N–H and O–H groups in total. The number of carbonyl (C=O) groups excluding carboxylic acids is 1. The zero-order valence-electron chi connectivity index (χ0n) is 9.06. The van der Waals surface area contributed by atoms with Gasteiger partial charge in [-0.1, -0.05) is 0 Å². The molecule has 2 aromatic rings. The molecule has 0 aromatic carbocycles. The fourth-order valence-electron chi connectivity index (χ4n) is 1.77. The highest BCUT2D eigenvalue weighted by atomic mass is 32.1. The molecule has 0 atom stereocenters. The number of thiophene rings is 1. The third-order valence-electron chi connectivity index (χ3n) is 2.47. The second-order valence-electron chi connectivity index (χ2n) is 3.42. The number of aliphatic hydroxyl groups excluding tert-OH is 1. The predicted octanol–water partition coefficient (Wildman–Crippen LogP) is 1.44. The van der Waals surface area contributed by atoms with Gasteiger partial charge in [0.25, 0.3) is 5.91 Å². The van der Waals surface area contributed by atoms with E-state index in [-0.39, 0.29) is 12.5 Å². The molecule has 0 spiro atoms. The average molecular weight is 238 g/mol. The van der Waals surface area contributed by atoms with E-state index < -0.39 is 0 Å². The highest BCUT2D eigenvalue weighted by Gasteiger charge is 2.14. The van der Waals surface area contributed by atoms with E-state index in [2.05, 4.69) is 5.32 Å². The Morgan fingerprint density at radius 1 is 1.62 bits per heavy atom. The number of hydrogen-bond acceptors (Lipinski definition) is 3. The lowest BCUT2D eigenvalue weighted by molar-refractivity contribution is 0.0936. The molecule has 0 aliphatic carbocycles. The Morgan fingerprint density at radius 2 is 2.44 bits per heavy atom. The molecule has 4 nitrogen and oxygen atoms in total. The Morgan fingerprint density at radius 3 is 3.12 bits per heavy atom. The second-order valence-corrected chi connectivity index (χ2v) is 4.37. The van der Waals surface area contributed by atoms with Crippen molar-refractivity contribution in [2.75, 3.05) is 13.2 Å². The molecule has 0 saturated heterocycles. The molecule has 2 rings (SSSR count). The van der Waals surface area contributed by atoms with E-state index in [0.717, 1.165) is 16.8 Å². The summed E-state index contributed by atoms with van der Waals surface area (Å²) in [7, 11) is 0. The van der Waals surface area contributed by atoms with E-state index in [4.69, 9.17) is 5.11 Å². The summed E-state index contributed by atoms with van der Waals surface area (Å²) in [4.78, 5) is 11.8. The van der Waals surface area contributed by atoms with Crippen molar-refractivity contribution >= 4 is 27.5 Å². The van der Waals surface area contributed by atoms with E-state index >= 15 is 0 Å². The highest BCUT2D eigenvalue weighted by Crippen LogP contribution is 2.25. The van der Waals surface area contributed by atoms with Crippen LogP contribution in [0.2, 0.25) is 0 Å². The molecule has 1 amide bonds. The van der Waals surface area contributed by atoms with Crippen LogP contribution >= 0.6 is 11.3 Å². The normalized spacial score (nSPS) is 10.9. The largest absolute Gasteiger partial charge is 0.395 e. The minimum absolute atomic E-state index is 0.0348. The molecule has 0 unspecified atom stereocenters. The Kier molecular flexibility index (Phi) is 3.26. The maximum atomic E-state index is 11.8. The van der Waals surface area contributed by atoms with Gasteiger partial charge in [0.15, 0.2) is 0 Å². The van der Waals surface area contributed by atoms with Gasteiger partial charge in [0, 0.05) is 13.1 Å². The molecule has 86 valence electrons. The first kappa shape index (κ1) is 11.2. The van der Waals surface area contributed by atoms with Gasteiger partial charge >= 0.3 is 0 Å². The van der Waals surface area contributed by atoms with Crippen LogP contribution in [0.1, 0.15) is 17.4 Å². The van der Waals surface area contributed by atoms with Crippen LogP contribution in [0.3, 0.4) is 0 Å². The van der Waals surface area contributed by atoms with Crippen LogP contribution < -0.4 is 5.32 Å². The number of rotatable bonds is 4. The monoisotopic (exact) mass is 238 g/mol. The molecule has 0 aliphatic rings. The molecule has 2 heterocycles. The van der Waals surface area contributed by atoms with Gasteiger partial charge in [-0.3, -0.25) is 4.79 Å². The maximum absolute atomic E-state index is 11.8. The van der Waals surface area contributed by atoms with E-state index in [9.17, 15) is 4.79 Å². The Hall–Kier alpha value is -1.33. The van der Waals surface area contributed by atoms with Gasteiger partial charge in [-0.25, -0.2) is 0 Å². The highest BCUT2D eigenvalue weighted by molar-refractivity contribution is 7.17. The summed E-state index contributed by atoms with van der Waals surface area (Å²) in [6, 6.07) is 3.92. The van der Waals surface area contributed by atoms with Gasteiger partial charge in [0.05, 0.1) is 16.8 Å². The van der Waals surface area contributed by atoms with E-state index in [1.165, 1.54) is 0 Å². The minimum Gasteiger partial charge on any atom is -0.395 e. The van der Waals surface area contributed by atoms with Gasteiger partial charge in [-0.15, -0.1) is 11.3 Å². The molecular formula is C11H14N2O2S. The van der Waals surface area contributed by atoms with E-state index in [0.29, 0.717) is 12.2 Å². The Bertz CT molecular complexity index is 501. The number of aromatic nitrogens is 1. The molecule has 2 aromatic heterocycles. The summed E-state index contributed by atoms with van der Waals surface area (Å²) in [5.41, 5.74) is 1.76.